The number of nitrogens with one attached hydrogen (secondary N) is 1. The van der Waals surface area contributed by atoms with Crippen molar-refractivity contribution in [1.29, 1.82) is 0 Å². The Morgan fingerprint density at radius 2 is 2.15 bits per heavy atom. The molecular formula is C15H20N2O3. The lowest BCUT2D eigenvalue weighted by Crippen LogP contribution is -2.64. The molecule has 1 N–H and O–H groups in total. The van der Waals surface area contributed by atoms with Crippen LogP contribution in [0.15, 0.2) is 24.3 Å². The van der Waals surface area contributed by atoms with Gasteiger partial charge in [0.25, 0.3) is 0 Å². The number of amides is 2. The van der Waals surface area contributed by atoms with Crippen LogP contribution >= 0.6 is 0 Å². The van der Waals surface area contributed by atoms with Crippen molar-refractivity contribution in [3.63, 3.8) is 0 Å². The van der Waals surface area contributed by atoms with Gasteiger partial charge in [0.1, 0.15) is 11.3 Å². The van der Waals surface area contributed by atoms with Gasteiger partial charge >= 0.3 is 0 Å². The van der Waals surface area contributed by atoms with Crippen molar-refractivity contribution >= 4 is 11.8 Å². The summed E-state index contributed by atoms with van der Waals surface area (Å²) in [6, 6.07) is 7.53. The number of rotatable bonds is 4. The zero-order valence-corrected chi connectivity index (χ0v) is 12.1. The van der Waals surface area contributed by atoms with E-state index < -0.39 is 5.54 Å². The average molecular weight is 276 g/mol. The minimum Gasteiger partial charge on any atom is -0.497 e. The average Bonchev–Trinajstić information content (AvgIpc) is 2.44. The molecule has 0 radical (unpaired) electrons. The van der Waals surface area contributed by atoms with Gasteiger partial charge in [0.05, 0.1) is 13.7 Å². The van der Waals surface area contributed by atoms with Gasteiger partial charge in [0.15, 0.2) is 0 Å². The monoisotopic (exact) mass is 276 g/mol. The lowest BCUT2D eigenvalue weighted by Gasteiger charge is -2.39. The molecule has 2 rings (SSSR count). The Morgan fingerprint density at radius 3 is 2.80 bits per heavy atom. The fraction of sp³-hybridized carbons (Fsp3) is 0.467. The summed E-state index contributed by atoms with van der Waals surface area (Å²) in [7, 11) is 1.60. The Hall–Kier alpha value is -2.04. The number of piperazine rings is 1. The first-order valence-corrected chi connectivity index (χ1v) is 6.72. The molecule has 1 aliphatic rings. The Morgan fingerprint density at radius 1 is 1.40 bits per heavy atom. The number of hydrogen-bond donors (Lipinski definition) is 1. The normalized spacial score (nSPS) is 22.6. The second kappa shape index (κ2) is 5.53. The third-order valence-corrected chi connectivity index (χ3v) is 3.72. The summed E-state index contributed by atoms with van der Waals surface area (Å²) < 4.78 is 5.17. The summed E-state index contributed by atoms with van der Waals surface area (Å²) >= 11 is 0. The number of nitrogens with zero attached hydrogens (tertiary/aromatic N) is 1. The van der Waals surface area contributed by atoms with Crippen molar-refractivity contribution in [2.45, 2.75) is 32.4 Å². The highest BCUT2D eigenvalue weighted by atomic mass is 16.5. The Bertz CT molecular complexity index is 530. The van der Waals surface area contributed by atoms with Crippen LogP contribution in [0.5, 0.6) is 5.75 Å². The molecule has 0 saturated carbocycles. The molecule has 1 aromatic rings. The predicted octanol–water partition coefficient (Wildman–Crippen LogP) is 1.32. The molecule has 1 aliphatic heterocycles. The molecule has 0 bridgehead atoms. The molecule has 1 aromatic carbocycles. The summed E-state index contributed by atoms with van der Waals surface area (Å²) in [4.78, 5) is 25.8. The first-order valence-electron chi connectivity index (χ1n) is 6.72. The number of benzene rings is 1. The SMILES string of the molecule is CCC1(C)NC(=O)CN(Cc2cccc(OC)c2)C1=O. The molecule has 1 atom stereocenters. The van der Waals surface area contributed by atoms with Crippen molar-refractivity contribution in [2.75, 3.05) is 13.7 Å². The van der Waals surface area contributed by atoms with Crippen LogP contribution in [0.4, 0.5) is 0 Å². The van der Waals surface area contributed by atoms with Gasteiger partial charge < -0.3 is 15.0 Å². The van der Waals surface area contributed by atoms with E-state index >= 15 is 0 Å². The fourth-order valence-electron chi connectivity index (χ4n) is 2.35. The van der Waals surface area contributed by atoms with Crippen molar-refractivity contribution in [2.24, 2.45) is 0 Å². The van der Waals surface area contributed by atoms with Crippen LogP contribution in [0, 0.1) is 0 Å². The Kier molecular flexibility index (Phi) is 3.97. The lowest BCUT2D eigenvalue weighted by atomic mass is 9.94. The third kappa shape index (κ3) is 2.76. The molecule has 1 fully saturated rings. The van der Waals surface area contributed by atoms with Gasteiger partial charge in [0.2, 0.25) is 11.8 Å². The summed E-state index contributed by atoms with van der Waals surface area (Å²) in [5.41, 5.74) is 0.152. The highest BCUT2D eigenvalue weighted by Gasteiger charge is 2.41. The Labute approximate surface area is 118 Å². The minimum atomic E-state index is -0.797. The molecule has 1 saturated heterocycles. The van der Waals surface area contributed by atoms with E-state index in [4.69, 9.17) is 4.74 Å². The van der Waals surface area contributed by atoms with E-state index in [2.05, 4.69) is 5.32 Å². The van der Waals surface area contributed by atoms with Gasteiger partial charge in [-0.25, -0.2) is 0 Å². The minimum absolute atomic E-state index is 0.0394. The molecule has 2 amide bonds. The number of methoxy groups -OCH3 is 1. The second-order valence-corrected chi connectivity index (χ2v) is 5.25. The highest BCUT2D eigenvalue weighted by molar-refractivity contribution is 5.97. The summed E-state index contributed by atoms with van der Waals surface area (Å²) in [5, 5.41) is 2.78. The van der Waals surface area contributed by atoms with Gasteiger partial charge in [0, 0.05) is 6.54 Å². The van der Waals surface area contributed by atoms with Crippen molar-refractivity contribution < 1.29 is 14.3 Å². The van der Waals surface area contributed by atoms with E-state index in [1.54, 1.807) is 18.9 Å². The summed E-state index contributed by atoms with van der Waals surface area (Å²) in [6.07, 6.45) is 0.576. The van der Waals surface area contributed by atoms with Crippen LogP contribution in [0.3, 0.4) is 0 Å². The van der Waals surface area contributed by atoms with Gasteiger partial charge in [-0.15, -0.1) is 0 Å². The maximum absolute atomic E-state index is 12.5. The summed E-state index contributed by atoms with van der Waals surface area (Å²) in [6.45, 7) is 4.18. The number of ether oxygens (including phenoxy) is 1. The first kappa shape index (κ1) is 14.4. The Balaban J connectivity index is 2.19. The quantitative estimate of drug-likeness (QED) is 0.902. The van der Waals surface area contributed by atoms with Crippen LogP contribution in [0.1, 0.15) is 25.8 Å². The lowest BCUT2D eigenvalue weighted by molar-refractivity contribution is -0.149. The van der Waals surface area contributed by atoms with Crippen LogP contribution in [-0.4, -0.2) is 35.9 Å². The standard InChI is InChI=1S/C15H20N2O3/c1-4-15(2)14(19)17(10-13(18)16-15)9-11-6-5-7-12(8-11)20-3/h5-8H,4,9-10H2,1-3H3,(H,16,18). The van der Waals surface area contributed by atoms with Crippen LogP contribution < -0.4 is 10.1 Å². The molecule has 1 heterocycles. The zero-order chi connectivity index (χ0) is 14.8. The molecule has 0 aliphatic carbocycles. The zero-order valence-electron chi connectivity index (χ0n) is 12.1. The van der Waals surface area contributed by atoms with E-state index in [9.17, 15) is 9.59 Å². The number of carbonyl (C=O) groups is 2. The number of carbonyl (C=O) groups excluding carboxylic acids is 2. The molecule has 5 heteroatoms. The van der Waals surface area contributed by atoms with Crippen LogP contribution in [0.2, 0.25) is 0 Å². The summed E-state index contributed by atoms with van der Waals surface area (Å²) in [5.74, 6) is 0.592. The van der Waals surface area contributed by atoms with E-state index in [0.29, 0.717) is 13.0 Å². The molecule has 1 unspecified atom stereocenters. The van der Waals surface area contributed by atoms with Crippen LogP contribution in [-0.2, 0) is 16.1 Å². The van der Waals surface area contributed by atoms with Crippen LogP contribution in [0.25, 0.3) is 0 Å². The first-order chi connectivity index (χ1) is 9.48. The van der Waals surface area contributed by atoms with Crippen molar-refractivity contribution in [1.82, 2.24) is 10.2 Å². The topological polar surface area (TPSA) is 58.6 Å². The molecule has 0 aromatic heterocycles. The van der Waals surface area contributed by atoms with Crippen molar-refractivity contribution in [3.8, 4) is 5.75 Å². The van der Waals surface area contributed by atoms with Gasteiger partial charge in [-0.1, -0.05) is 19.1 Å². The van der Waals surface area contributed by atoms with Gasteiger partial charge in [-0.2, -0.15) is 0 Å². The maximum atomic E-state index is 12.5. The predicted molar refractivity (Wildman–Crippen MR) is 75.2 cm³/mol. The van der Waals surface area contributed by atoms with E-state index in [-0.39, 0.29) is 18.4 Å². The van der Waals surface area contributed by atoms with E-state index in [0.717, 1.165) is 11.3 Å². The maximum Gasteiger partial charge on any atom is 0.248 e. The van der Waals surface area contributed by atoms with Gasteiger partial charge in [-0.3, -0.25) is 9.59 Å². The molecule has 108 valence electrons. The fourth-order valence-corrected chi connectivity index (χ4v) is 2.35. The van der Waals surface area contributed by atoms with E-state index in [1.807, 2.05) is 31.2 Å². The molecule has 20 heavy (non-hydrogen) atoms. The van der Waals surface area contributed by atoms with Crippen molar-refractivity contribution in [3.05, 3.63) is 29.8 Å². The second-order valence-electron chi connectivity index (χ2n) is 5.25. The molecular weight excluding hydrogens is 256 g/mol. The highest BCUT2D eigenvalue weighted by Crippen LogP contribution is 2.21. The largest absolute Gasteiger partial charge is 0.497 e. The van der Waals surface area contributed by atoms with E-state index in [1.165, 1.54) is 0 Å². The molecule has 0 spiro atoms. The third-order valence-electron chi connectivity index (χ3n) is 3.72. The van der Waals surface area contributed by atoms with Gasteiger partial charge in [-0.05, 0) is 31.0 Å². The molecule has 5 nitrogen and oxygen atoms in total. The smallest absolute Gasteiger partial charge is 0.248 e. The number of hydrogen-bond acceptors (Lipinski definition) is 3.